The van der Waals surface area contributed by atoms with E-state index in [0.29, 0.717) is 13.1 Å². The molecule has 29 heavy (non-hydrogen) atoms. The largest absolute Gasteiger partial charge is 0.333 e. The number of amides is 2. The molecule has 0 bridgehead atoms. The van der Waals surface area contributed by atoms with Crippen molar-refractivity contribution in [3.05, 3.63) is 57.3 Å². The van der Waals surface area contributed by atoms with Gasteiger partial charge in [0.05, 0.1) is 12.6 Å². The Morgan fingerprint density at radius 1 is 1.21 bits per heavy atom. The molecule has 1 aromatic heterocycles. The second kappa shape index (κ2) is 9.57. The van der Waals surface area contributed by atoms with E-state index in [1.807, 2.05) is 18.7 Å². The molecule has 5 heteroatoms. The fourth-order valence-electron chi connectivity index (χ4n) is 3.93. The van der Waals surface area contributed by atoms with Crippen LogP contribution in [0.3, 0.4) is 0 Å². The van der Waals surface area contributed by atoms with E-state index in [2.05, 4.69) is 49.6 Å². The Morgan fingerprint density at radius 2 is 1.93 bits per heavy atom. The van der Waals surface area contributed by atoms with Gasteiger partial charge in [0.1, 0.15) is 0 Å². The number of thiophene rings is 1. The zero-order valence-electron chi connectivity index (χ0n) is 18.0. The number of fused-ring (bicyclic) bond motifs is 1. The van der Waals surface area contributed by atoms with Crippen LogP contribution in [0.5, 0.6) is 0 Å². The number of aryl methyl sites for hydroxylation is 1. The summed E-state index contributed by atoms with van der Waals surface area (Å²) in [5.41, 5.74) is 3.58. The first-order valence-corrected chi connectivity index (χ1v) is 11.5. The molecule has 0 aliphatic carbocycles. The first-order chi connectivity index (χ1) is 13.9. The van der Waals surface area contributed by atoms with E-state index < -0.39 is 0 Å². The summed E-state index contributed by atoms with van der Waals surface area (Å²) < 4.78 is 0. The van der Waals surface area contributed by atoms with Crippen LogP contribution in [0, 0.1) is 12.8 Å². The lowest BCUT2D eigenvalue weighted by molar-refractivity contribution is -0.143. The topological polar surface area (TPSA) is 40.6 Å². The van der Waals surface area contributed by atoms with Gasteiger partial charge in [-0.2, -0.15) is 0 Å². The Kier molecular flexibility index (Phi) is 7.12. The molecular formula is C24H32N2O2S. The maximum absolute atomic E-state index is 13.4. The van der Waals surface area contributed by atoms with Gasteiger partial charge in [0.15, 0.2) is 0 Å². The van der Waals surface area contributed by atoms with Crippen LogP contribution in [0.15, 0.2) is 35.7 Å². The molecule has 2 heterocycles. The highest BCUT2D eigenvalue weighted by atomic mass is 32.1. The van der Waals surface area contributed by atoms with Crippen molar-refractivity contribution in [3.8, 4) is 0 Å². The van der Waals surface area contributed by atoms with Gasteiger partial charge in [-0.15, -0.1) is 11.3 Å². The van der Waals surface area contributed by atoms with Crippen LogP contribution in [-0.4, -0.2) is 41.2 Å². The smallest absolute Gasteiger partial charge is 0.242 e. The third kappa shape index (κ3) is 4.89. The number of carbonyl (C=O) groups is 2. The molecule has 1 atom stereocenters. The zero-order chi connectivity index (χ0) is 21.0. The molecule has 1 unspecified atom stereocenters. The van der Waals surface area contributed by atoms with Crippen molar-refractivity contribution in [1.29, 1.82) is 0 Å². The minimum Gasteiger partial charge on any atom is -0.333 e. The summed E-state index contributed by atoms with van der Waals surface area (Å²) >= 11 is 1.77. The monoisotopic (exact) mass is 412 g/mol. The van der Waals surface area contributed by atoms with Crippen LogP contribution >= 0.6 is 11.3 Å². The molecule has 1 aromatic carbocycles. The number of carbonyl (C=O) groups excluding carboxylic acids is 2. The Morgan fingerprint density at radius 3 is 2.59 bits per heavy atom. The Bertz CT molecular complexity index is 841. The number of hydrogen-bond acceptors (Lipinski definition) is 3. The Labute approximate surface area is 178 Å². The van der Waals surface area contributed by atoms with E-state index in [9.17, 15) is 9.59 Å². The Balaban J connectivity index is 1.87. The predicted octanol–water partition coefficient (Wildman–Crippen LogP) is 4.82. The molecule has 4 nitrogen and oxygen atoms in total. The highest BCUT2D eigenvalue weighted by Crippen LogP contribution is 2.38. The maximum Gasteiger partial charge on any atom is 0.242 e. The molecule has 0 spiro atoms. The molecule has 1 aliphatic heterocycles. The molecule has 1 aliphatic rings. The molecular weight excluding hydrogens is 380 g/mol. The Hall–Kier alpha value is -2.14. The number of benzene rings is 1. The number of unbranched alkanes of at least 4 members (excludes halogenated alkanes) is 1. The van der Waals surface area contributed by atoms with Gasteiger partial charge in [0, 0.05) is 23.9 Å². The van der Waals surface area contributed by atoms with Gasteiger partial charge < -0.3 is 9.80 Å². The van der Waals surface area contributed by atoms with Crippen molar-refractivity contribution in [2.24, 2.45) is 5.92 Å². The number of rotatable bonds is 7. The predicted molar refractivity (Wildman–Crippen MR) is 119 cm³/mol. The summed E-state index contributed by atoms with van der Waals surface area (Å²) in [6.07, 6.45) is 2.81. The standard InChI is InChI=1S/C24H32N2O2S/c1-5-6-13-25(24(28)17(2)3)16-22(27)26-14-11-21-20(12-15-29-21)23(26)19-9-7-18(4)8-10-19/h7-10,12,15,17,23H,5-6,11,13-14,16H2,1-4H3. The summed E-state index contributed by atoms with van der Waals surface area (Å²) in [5.74, 6) is 0.00169. The third-order valence-electron chi connectivity index (χ3n) is 5.59. The lowest BCUT2D eigenvalue weighted by Gasteiger charge is -2.38. The summed E-state index contributed by atoms with van der Waals surface area (Å²) in [6.45, 7) is 9.49. The summed E-state index contributed by atoms with van der Waals surface area (Å²) in [6, 6.07) is 10.5. The molecule has 2 aromatic rings. The highest BCUT2D eigenvalue weighted by molar-refractivity contribution is 7.10. The fourth-order valence-corrected chi connectivity index (χ4v) is 4.83. The van der Waals surface area contributed by atoms with E-state index in [0.717, 1.165) is 24.8 Å². The van der Waals surface area contributed by atoms with E-state index in [1.165, 1.54) is 16.0 Å². The van der Waals surface area contributed by atoms with Crippen LogP contribution in [0.2, 0.25) is 0 Å². The first kappa shape index (κ1) is 21.6. The van der Waals surface area contributed by atoms with Crippen LogP contribution in [0.1, 0.15) is 61.2 Å². The van der Waals surface area contributed by atoms with Crippen molar-refractivity contribution in [2.45, 2.75) is 53.0 Å². The molecule has 0 saturated carbocycles. The quantitative estimate of drug-likeness (QED) is 0.654. The van der Waals surface area contributed by atoms with E-state index in [4.69, 9.17) is 0 Å². The average Bonchev–Trinajstić information content (AvgIpc) is 3.19. The molecule has 0 saturated heterocycles. The third-order valence-corrected chi connectivity index (χ3v) is 6.59. The lowest BCUT2D eigenvalue weighted by Crippen LogP contribution is -2.47. The van der Waals surface area contributed by atoms with E-state index in [-0.39, 0.29) is 30.3 Å². The molecule has 3 rings (SSSR count). The van der Waals surface area contributed by atoms with Gasteiger partial charge in [-0.25, -0.2) is 0 Å². The van der Waals surface area contributed by atoms with Crippen molar-refractivity contribution in [2.75, 3.05) is 19.6 Å². The van der Waals surface area contributed by atoms with Gasteiger partial charge in [-0.05, 0) is 42.3 Å². The van der Waals surface area contributed by atoms with Crippen molar-refractivity contribution < 1.29 is 9.59 Å². The minimum atomic E-state index is -0.0996. The number of hydrogen-bond donors (Lipinski definition) is 0. The second-order valence-corrected chi connectivity index (χ2v) is 9.22. The molecule has 0 N–H and O–H groups in total. The fraction of sp³-hybridized carbons (Fsp3) is 0.500. The molecule has 156 valence electrons. The van der Waals surface area contributed by atoms with Crippen LogP contribution in [-0.2, 0) is 16.0 Å². The molecule has 2 amide bonds. The van der Waals surface area contributed by atoms with Gasteiger partial charge in [0.25, 0.3) is 0 Å². The van der Waals surface area contributed by atoms with E-state index >= 15 is 0 Å². The minimum absolute atomic E-state index is 0.0394. The lowest BCUT2D eigenvalue weighted by atomic mass is 9.92. The zero-order valence-corrected chi connectivity index (χ0v) is 18.8. The van der Waals surface area contributed by atoms with Crippen molar-refractivity contribution in [3.63, 3.8) is 0 Å². The van der Waals surface area contributed by atoms with Crippen LogP contribution in [0.4, 0.5) is 0 Å². The van der Waals surface area contributed by atoms with E-state index in [1.54, 1.807) is 16.2 Å². The van der Waals surface area contributed by atoms with Crippen molar-refractivity contribution in [1.82, 2.24) is 9.80 Å². The highest BCUT2D eigenvalue weighted by Gasteiger charge is 2.34. The maximum atomic E-state index is 13.4. The van der Waals surface area contributed by atoms with Crippen LogP contribution in [0.25, 0.3) is 0 Å². The van der Waals surface area contributed by atoms with Gasteiger partial charge in [0.2, 0.25) is 11.8 Å². The normalized spacial score (nSPS) is 16.0. The van der Waals surface area contributed by atoms with Gasteiger partial charge in [-0.3, -0.25) is 9.59 Å². The SMILES string of the molecule is CCCCN(CC(=O)N1CCc2sccc2C1c1ccc(C)cc1)C(=O)C(C)C. The second-order valence-electron chi connectivity index (χ2n) is 8.22. The summed E-state index contributed by atoms with van der Waals surface area (Å²) in [5, 5.41) is 2.12. The first-order valence-electron chi connectivity index (χ1n) is 10.6. The molecule has 0 radical (unpaired) electrons. The van der Waals surface area contributed by atoms with Crippen LogP contribution < -0.4 is 0 Å². The van der Waals surface area contributed by atoms with Gasteiger partial charge >= 0.3 is 0 Å². The van der Waals surface area contributed by atoms with Gasteiger partial charge in [-0.1, -0.05) is 57.0 Å². The summed E-state index contributed by atoms with van der Waals surface area (Å²) in [4.78, 5) is 31.2. The average molecular weight is 413 g/mol. The number of nitrogens with zero attached hydrogens (tertiary/aromatic N) is 2. The van der Waals surface area contributed by atoms with Crippen molar-refractivity contribution >= 4 is 23.2 Å². The molecule has 0 fully saturated rings. The summed E-state index contributed by atoms with van der Waals surface area (Å²) in [7, 11) is 0.